The SMILES string of the molecule is CCCC1O[C@H](CO)C[C@@H]1O. The molecule has 0 spiro atoms. The molecule has 1 aliphatic heterocycles. The van der Waals surface area contributed by atoms with Crippen LogP contribution < -0.4 is 0 Å². The van der Waals surface area contributed by atoms with Crippen LogP contribution in [0.1, 0.15) is 26.2 Å². The number of aliphatic hydroxyl groups is 2. The molecule has 0 radical (unpaired) electrons. The van der Waals surface area contributed by atoms with Crippen molar-refractivity contribution in [2.45, 2.75) is 44.5 Å². The molecule has 1 unspecified atom stereocenters. The van der Waals surface area contributed by atoms with Crippen LogP contribution in [0.2, 0.25) is 0 Å². The van der Waals surface area contributed by atoms with E-state index in [1.165, 1.54) is 0 Å². The third kappa shape index (κ3) is 2.15. The molecule has 2 N–H and O–H groups in total. The average Bonchev–Trinajstić information content (AvgIpc) is 2.33. The van der Waals surface area contributed by atoms with E-state index in [4.69, 9.17) is 9.84 Å². The zero-order valence-corrected chi connectivity index (χ0v) is 6.86. The Morgan fingerprint density at radius 3 is 2.73 bits per heavy atom. The van der Waals surface area contributed by atoms with Crippen molar-refractivity contribution in [3.05, 3.63) is 0 Å². The normalized spacial score (nSPS) is 37.9. The summed E-state index contributed by atoms with van der Waals surface area (Å²) in [5.74, 6) is 0. The van der Waals surface area contributed by atoms with Crippen LogP contribution in [0.3, 0.4) is 0 Å². The highest BCUT2D eigenvalue weighted by Gasteiger charge is 2.32. The van der Waals surface area contributed by atoms with Gasteiger partial charge in [-0.05, 0) is 6.42 Å². The molecule has 0 aliphatic carbocycles. The Labute approximate surface area is 67.0 Å². The standard InChI is InChI=1S/C8H16O3/c1-2-3-8-7(10)4-6(5-9)11-8/h6-10H,2-5H2,1H3/t6-,7-,8?/m0/s1. The molecule has 66 valence electrons. The van der Waals surface area contributed by atoms with Crippen LogP contribution in [-0.2, 0) is 4.74 Å². The molecule has 3 atom stereocenters. The zero-order chi connectivity index (χ0) is 8.27. The Bertz CT molecular complexity index is 116. The van der Waals surface area contributed by atoms with Crippen molar-refractivity contribution >= 4 is 0 Å². The fourth-order valence-electron chi connectivity index (χ4n) is 1.48. The van der Waals surface area contributed by atoms with E-state index in [9.17, 15) is 5.11 Å². The van der Waals surface area contributed by atoms with E-state index in [-0.39, 0.29) is 24.9 Å². The Balaban J connectivity index is 2.32. The Morgan fingerprint density at radius 2 is 2.27 bits per heavy atom. The van der Waals surface area contributed by atoms with Gasteiger partial charge in [-0.1, -0.05) is 13.3 Å². The molecule has 3 nitrogen and oxygen atoms in total. The Morgan fingerprint density at radius 1 is 1.55 bits per heavy atom. The van der Waals surface area contributed by atoms with Crippen LogP contribution in [0.4, 0.5) is 0 Å². The maximum absolute atomic E-state index is 9.39. The number of aliphatic hydroxyl groups excluding tert-OH is 2. The van der Waals surface area contributed by atoms with Crippen LogP contribution in [-0.4, -0.2) is 35.1 Å². The molecule has 11 heavy (non-hydrogen) atoms. The molecule has 0 aromatic carbocycles. The number of ether oxygens (including phenoxy) is 1. The lowest BCUT2D eigenvalue weighted by Crippen LogP contribution is -2.20. The smallest absolute Gasteiger partial charge is 0.0839 e. The summed E-state index contributed by atoms with van der Waals surface area (Å²) in [6, 6.07) is 0. The zero-order valence-electron chi connectivity index (χ0n) is 6.86. The van der Waals surface area contributed by atoms with Gasteiger partial charge in [-0.3, -0.25) is 0 Å². The third-order valence-corrected chi connectivity index (χ3v) is 2.08. The Hall–Kier alpha value is -0.120. The summed E-state index contributed by atoms with van der Waals surface area (Å²) in [6.07, 6.45) is 1.93. The molecule has 0 amide bonds. The highest BCUT2D eigenvalue weighted by Crippen LogP contribution is 2.23. The highest BCUT2D eigenvalue weighted by molar-refractivity contribution is 4.81. The maximum Gasteiger partial charge on any atom is 0.0839 e. The van der Waals surface area contributed by atoms with Gasteiger partial charge in [0.25, 0.3) is 0 Å². The van der Waals surface area contributed by atoms with Crippen LogP contribution in [0.5, 0.6) is 0 Å². The number of rotatable bonds is 3. The average molecular weight is 160 g/mol. The molecule has 0 aromatic heterocycles. The molecule has 1 heterocycles. The van der Waals surface area contributed by atoms with Crippen molar-refractivity contribution in [2.75, 3.05) is 6.61 Å². The van der Waals surface area contributed by atoms with E-state index in [0.29, 0.717) is 6.42 Å². The summed E-state index contributed by atoms with van der Waals surface area (Å²) in [5, 5.41) is 18.1. The molecular weight excluding hydrogens is 144 g/mol. The predicted molar refractivity (Wildman–Crippen MR) is 41.3 cm³/mol. The molecule has 0 bridgehead atoms. The minimum atomic E-state index is -0.368. The van der Waals surface area contributed by atoms with Crippen LogP contribution in [0.15, 0.2) is 0 Å². The lowest BCUT2D eigenvalue weighted by Gasteiger charge is -2.12. The topological polar surface area (TPSA) is 49.7 Å². The molecule has 1 rings (SSSR count). The van der Waals surface area contributed by atoms with Crippen molar-refractivity contribution in [1.29, 1.82) is 0 Å². The predicted octanol–water partition coefficient (Wildman–Crippen LogP) is 0.297. The third-order valence-electron chi connectivity index (χ3n) is 2.08. The molecule has 3 heteroatoms. The monoisotopic (exact) mass is 160 g/mol. The van der Waals surface area contributed by atoms with Gasteiger partial charge in [-0.15, -0.1) is 0 Å². The summed E-state index contributed by atoms with van der Waals surface area (Å²) >= 11 is 0. The van der Waals surface area contributed by atoms with E-state index in [0.717, 1.165) is 12.8 Å². The van der Waals surface area contributed by atoms with Gasteiger partial charge in [-0.25, -0.2) is 0 Å². The van der Waals surface area contributed by atoms with Crippen molar-refractivity contribution in [1.82, 2.24) is 0 Å². The van der Waals surface area contributed by atoms with Gasteiger partial charge in [0, 0.05) is 6.42 Å². The molecular formula is C8H16O3. The van der Waals surface area contributed by atoms with Crippen molar-refractivity contribution in [3.8, 4) is 0 Å². The second kappa shape index (κ2) is 4.04. The fourth-order valence-corrected chi connectivity index (χ4v) is 1.48. The maximum atomic E-state index is 9.39. The van der Waals surface area contributed by atoms with Crippen LogP contribution in [0, 0.1) is 0 Å². The van der Waals surface area contributed by atoms with E-state index < -0.39 is 0 Å². The molecule has 1 saturated heterocycles. The van der Waals surface area contributed by atoms with Gasteiger partial charge in [0.05, 0.1) is 24.9 Å². The second-order valence-corrected chi connectivity index (χ2v) is 3.07. The lowest BCUT2D eigenvalue weighted by atomic mass is 10.1. The first kappa shape index (κ1) is 8.97. The van der Waals surface area contributed by atoms with Crippen LogP contribution in [0.25, 0.3) is 0 Å². The fraction of sp³-hybridized carbons (Fsp3) is 1.00. The van der Waals surface area contributed by atoms with Crippen molar-refractivity contribution in [3.63, 3.8) is 0 Å². The van der Waals surface area contributed by atoms with Gasteiger partial charge in [-0.2, -0.15) is 0 Å². The summed E-state index contributed by atoms with van der Waals surface area (Å²) in [4.78, 5) is 0. The number of hydrogen-bond donors (Lipinski definition) is 2. The quantitative estimate of drug-likeness (QED) is 0.624. The summed E-state index contributed by atoms with van der Waals surface area (Å²) in [7, 11) is 0. The lowest BCUT2D eigenvalue weighted by molar-refractivity contribution is -0.0134. The van der Waals surface area contributed by atoms with Gasteiger partial charge in [0.1, 0.15) is 0 Å². The minimum Gasteiger partial charge on any atom is -0.394 e. The molecule has 1 aliphatic rings. The first-order valence-electron chi connectivity index (χ1n) is 4.22. The van der Waals surface area contributed by atoms with E-state index in [1.54, 1.807) is 0 Å². The highest BCUT2D eigenvalue weighted by atomic mass is 16.5. The van der Waals surface area contributed by atoms with Crippen LogP contribution >= 0.6 is 0 Å². The molecule has 0 saturated carbocycles. The summed E-state index contributed by atoms with van der Waals surface area (Å²) in [5.41, 5.74) is 0. The number of hydrogen-bond acceptors (Lipinski definition) is 3. The Kier molecular flexibility index (Phi) is 3.30. The van der Waals surface area contributed by atoms with Gasteiger partial charge < -0.3 is 14.9 Å². The first-order chi connectivity index (χ1) is 5.27. The van der Waals surface area contributed by atoms with Gasteiger partial charge in [0.2, 0.25) is 0 Å². The van der Waals surface area contributed by atoms with Gasteiger partial charge in [0.15, 0.2) is 0 Å². The van der Waals surface area contributed by atoms with Crippen molar-refractivity contribution < 1.29 is 14.9 Å². The summed E-state index contributed by atoms with van der Waals surface area (Å²) < 4.78 is 5.36. The minimum absolute atomic E-state index is 0.0251. The molecule has 0 aromatic rings. The largest absolute Gasteiger partial charge is 0.394 e. The van der Waals surface area contributed by atoms with Crippen molar-refractivity contribution in [2.24, 2.45) is 0 Å². The molecule has 1 fully saturated rings. The second-order valence-electron chi connectivity index (χ2n) is 3.07. The first-order valence-corrected chi connectivity index (χ1v) is 4.22. The van der Waals surface area contributed by atoms with E-state index >= 15 is 0 Å². The van der Waals surface area contributed by atoms with E-state index in [2.05, 4.69) is 6.92 Å². The summed E-state index contributed by atoms with van der Waals surface area (Å²) in [6.45, 7) is 2.08. The van der Waals surface area contributed by atoms with Gasteiger partial charge >= 0.3 is 0 Å². The van der Waals surface area contributed by atoms with E-state index in [1.807, 2.05) is 0 Å².